The third-order valence-corrected chi connectivity index (χ3v) is 5.22. The molecule has 0 fully saturated rings. The molecular formula is C23H15Cl2N5O. The average molecular weight is 448 g/mol. The van der Waals surface area contributed by atoms with Gasteiger partial charge in [0.05, 0.1) is 23.1 Å². The number of fused-ring (bicyclic) bond motifs is 1. The van der Waals surface area contributed by atoms with Gasteiger partial charge < -0.3 is 4.42 Å². The molecule has 3 aromatic carbocycles. The summed E-state index contributed by atoms with van der Waals surface area (Å²) in [7, 11) is 0. The average Bonchev–Trinajstić information content (AvgIpc) is 3.42. The second-order valence-electron chi connectivity index (χ2n) is 6.77. The van der Waals surface area contributed by atoms with E-state index in [-0.39, 0.29) is 6.01 Å². The Morgan fingerprint density at radius 3 is 2.48 bits per heavy atom. The fourth-order valence-electron chi connectivity index (χ4n) is 3.25. The molecular weight excluding hydrogens is 433 g/mol. The molecule has 0 bridgehead atoms. The molecule has 6 nitrogen and oxygen atoms in total. The Hall–Kier alpha value is -3.61. The van der Waals surface area contributed by atoms with Crippen LogP contribution in [0.15, 0.2) is 82.4 Å². The van der Waals surface area contributed by atoms with Crippen molar-refractivity contribution in [1.29, 1.82) is 0 Å². The minimum Gasteiger partial charge on any atom is -0.421 e. The molecule has 0 saturated carbocycles. The number of nitrogens with zero attached hydrogens (tertiary/aromatic N) is 3. The Morgan fingerprint density at radius 1 is 0.935 bits per heavy atom. The molecule has 2 aromatic heterocycles. The maximum absolute atomic E-state index is 6.13. The second kappa shape index (κ2) is 8.26. The van der Waals surface area contributed by atoms with E-state index in [1.807, 2.05) is 30.3 Å². The lowest BCUT2D eigenvalue weighted by atomic mass is 10.0. The van der Waals surface area contributed by atoms with E-state index in [1.165, 1.54) is 5.56 Å². The summed E-state index contributed by atoms with van der Waals surface area (Å²) in [6, 6.07) is 22.0. The highest BCUT2D eigenvalue weighted by atomic mass is 35.5. The van der Waals surface area contributed by atoms with E-state index in [0.717, 1.165) is 22.4 Å². The summed E-state index contributed by atoms with van der Waals surface area (Å²) >= 11 is 12.1. The number of oxazole rings is 1. The normalized spacial score (nSPS) is 11.4. The lowest BCUT2D eigenvalue weighted by Crippen LogP contribution is -1.91. The number of hydrazone groups is 1. The number of H-pyrrole nitrogens is 1. The molecule has 0 unspecified atom stereocenters. The van der Waals surface area contributed by atoms with Crippen LogP contribution in [-0.4, -0.2) is 21.4 Å². The van der Waals surface area contributed by atoms with E-state index in [2.05, 4.69) is 50.0 Å². The maximum atomic E-state index is 6.13. The molecule has 0 aliphatic heterocycles. The van der Waals surface area contributed by atoms with Crippen LogP contribution in [0.4, 0.5) is 6.01 Å². The van der Waals surface area contributed by atoms with Crippen LogP contribution in [0.2, 0.25) is 10.0 Å². The van der Waals surface area contributed by atoms with Crippen molar-refractivity contribution in [2.24, 2.45) is 5.10 Å². The number of benzene rings is 3. The van der Waals surface area contributed by atoms with Gasteiger partial charge in [-0.25, -0.2) is 5.43 Å². The summed E-state index contributed by atoms with van der Waals surface area (Å²) in [6.45, 7) is 0. The Bertz CT molecular complexity index is 1370. The highest BCUT2D eigenvalue weighted by Crippen LogP contribution is 2.30. The van der Waals surface area contributed by atoms with Crippen LogP contribution >= 0.6 is 23.2 Å². The first kappa shape index (κ1) is 19.4. The number of aromatic nitrogens is 3. The van der Waals surface area contributed by atoms with Gasteiger partial charge in [-0.2, -0.15) is 15.2 Å². The van der Waals surface area contributed by atoms with Gasteiger partial charge in [-0.05, 0) is 23.3 Å². The first-order valence-corrected chi connectivity index (χ1v) is 10.2. The summed E-state index contributed by atoms with van der Waals surface area (Å²) in [5.74, 6) is 0. The summed E-state index contributed by atoms with van der Waals surface area (Å²) < 4.78 is 5.59. The van der Waals surface area contributed by atoms with E-state index in [4.69, 9.17) is 27.6 Å². The first-order chi connectivity index (χ1) is 15.2. The van der Waals surface area contributed by atoms with Gasteiger partial charge in [0.15, 0.2) is 5.58 Å². The molecule has 0 aliphatic rings. The number of anilines is 1. The summed E-state index contributed by atoms with van der Waals surface area (Å²) in [4.78, 5) is 4.29. The number of aromatic amines is 1. The van der Waals surface area contributed by atoms with Gasteiger partial charge in [-0.3, -0.25) is 5.10 Å². The van der Waals surface area contributed by atoms with Gasteiger partial charge >= 0.3 is 6.01 Å². The standard InChI is InChI=1S/C23H15Cl2N5O/c24-18-10-19(25)22-20(11-18)28-23(31-22)30-27-13-17-12-26-29-21(17)16-8-6-15(7-9-16)14-4-2-1-3-5-14/h1-13H,(H,26,29)(H,28,30)/b27-13+. The zero-order chi connectivity index (χ0) is 21.2. The highest BCUT2D eigenvalue weighted by molar-refractivity contribution is 6.38. The van der Waals surface area contributed by atoms with E-state index >= 15 is 0 Å². The largest absolute Gasteiger partial charge is 0.421 e. The van der Waals surface area contributed by atoms with Crippen LogP contribution in [-0.2, 0) is 0 Å². The number of halogens is 2. The summed E-state index contributed by atoms with van der Waals surface area (Å²) in [6.07, 6.45) is 3.35. The molecule has 0 amide bonds. The third kappa shape index (κ3) is 4.03. The smallest absolute Gasteiger partial charge is 0.316 e. The minimum absolute atomic E-state index is 0.215. The predicted molar refractivity (Wildman–Crippen MR) is 125 cm³/mol. The van der Waals surface area contributed by atoms with Gasteiger partial charge in [-0.1, -0.05) is 77.8 Å². The van der Waals surface area contributed by atoms with Crippen molar-refractivity contribution in [3.8, 4) is 22.4 Å². The molecule has 152 valence electrons. The van der Waals surface area contributed by atoms with Crippen LogP contribution in [0.5, 0.6) is 0 Å². The maximum Gasteiger partial charge on any atom is 0.316 e. The number of rotatable bonds is 5. The predicted octanol–water partition coefficient (Wildman–Crippen LogP) is 6.64. The molecule has 0 aliphatic carbocycles. The van der Waals surface area contributed by atoms with E-state index in [9.17, 15) is 0 Å². The quantitative estimate of drug-likeness (QED) is 0.233. The summed E-state index contributed by atoms with van der Waals surface area (Å²) in [5.41, 5.74) is 8.78. The van der Waals surface area contributed by atoms with Crippen LogP contribution in [0.3, 0.4) is 0 Å². The second-order valence-corrected chi connectivity index (χ2v) is 7.61. The molecule has 0 radical (unpaired) electrons. The first-order valence-electron chi connectivity index (χ1n) is 9.41. The van der Waals surface area contributed by atoms with Crippen LogP contribution in [0.1, 0.15) is 5.56 Å². The fourth-order valence-corrected chi connectivity index (χ4v) is 3.77. The van der Waals surface area contributed by atoms with Crippen LogP contribution < -0.4 is 5.43 Å². The Kier molecular flexibility index (Phi) is 5.16. The van der Waals surface area contributed by atoms with E-state index in [1.54, 1.807) is 24.5 Å². The lowest BCUT2D eigenvalue weighted by molar-refractivity contribution is 0.617. The molecule has 31 heavy (non-hydrogen) atoms. The van der Waals surface area contributed by atoms with Gasteiger partial charge in [0.25, 0.3) is 0 Å². The minimum atomic E-state index is 0.215. The molecule has 2 heterocycles. The van der Waals surface area contributed by atoms with Crippen LogP contribution in [0.25, 0.3) is 33.5 Å². The van der Waals surface area contributed by atoms with Crippen molar-refractivity contribution in [1.82, 2.24) is 15.2 Å². The zero-order valence-corrected chi connectivity index (χ0v) is 17.5. The Morgan fingerprint density at radius 2 is 1.68 bits per heavy atom. The van der Waals surface area contributed by atoms with Gasteiger partial charge in [0.1, 0.15) is 5.52 Å². The van der Waals surface area contributed by atoms with Gasteiger partial charge in [-0.15, -0.1) is 0 Å². The SMILES string of the molecule is Clc1cc(Cl)c2oc(N/N=C/c3cn[nH]c3-c3ccc(-c4ccccc4)cc3)nc2c1. The Balaban J connectivity index is 1.35. The van der Waals surface area contributed by atoms with Crippen molar-refractivity contribution in [2.75, 3.05) is 5.43 Å². The molecule has 0 saturated heterocycles. The third-order valence-electron chi connectivity index (χ3n) is 4.72. The summed E-state index contributed by atoms with van der Waals surface area (Å²) in [5, 5.41) is 12.3. The number of nitrogens with one attached hydrogen (secondary N) is 2. The van der Waals surface area contributed by atoms with Crippen molar-refractivity contribution in [3.05, 3.63) is 88.5 Å². The van der Waals surface area contributed by atoms with E-state index in [0.29, 0.717) is 21.1 Å². The van der Waals surface area contributed by atoms with Crippen molar-refractivity contribution in [3.63, 3.8) is 0 Å². The molecule has 8 heteroatoms. The lowest BCUT2D eigenvalue weighted by Gasteiger charge is -2.04. The molecule has 5 rings (SSSR count). The van der Waals surface area contributed by atoms with E-state index < -0.39 is 0 Å². The number of hydrogen-bond donors (Lipinski definition) is 2. The van der Waals surface area contributed by atoms with Gasteiger partial charge in [0.2, 0.25) is 0 Å². The molecule has 5 aromatic rings. The topological polar surface area (TPSA) is 79.1 Å². The van der Waals surface area contributed by atoms with Crippen LogP contribution in [0, 0.1) is 0 Å². The Labute approximate surface area is 187 Å². The van der Waals surface area contributed by atoms with Crippen molar-refractivity contribution < 1.29 is 4.42 Å². The molecule has 2 N–H and O–H groups in total. The van der Waals surface area contributed by atoms with Gasteiger partial charge in [0, 0.05) is 16.1 Å². The number of hydrogen-bond acceptors (Lipinski definition) is 5. The van der Waals surface area contributed by atoms with Crippen molar-refractivity contribution in [2.45, 2.75) is 0 Å². The molecule has 0 atom stereocenters. The highest BCUT2D eigenvalue weighted by Gasteiger charge is 2.11. The fraction of sp³-hybridized carbons (Fsp3) is 0. The van der Waals surface area contributed by atoms with Crippen molar-refractivity contribution >= 4 is 46.5 Å². The zero-order valence-electron chi connectivity index (χ0n) is 16.0. The molecule has 0 spiro atoms. The monoisotopic (exact) mass is 447 g/mol.